The van der Waals surface area contributed by atoms with Gasteiger partial charge in [0.25, 0.3) is 0 Å². The molecule has 5 nitrogen and oxygen atoms in total. The Hall–Kier alpha value is -0.880. The summed E-state index contributed by atoms with van der Waals surface area (Å²) in [5.74, 6) is 0.201. The summed E-state index contributed by atoms with van der Waals surface area (Å²) >= 11 is 3.54. The van der Waals surface area contributed by atoms with Crippen LogP contribution in [0.4, 0.5) is 0 Å². The van der Waals surface area contributed by atoms with Crippen LogP contribution in [0.1, 0.15) is 31.2 Å². The summed E-state index contributed by atoms with van der Waals surface area (Å²) in [6.07, 6.45) is 2.26. The highest BCUT2D eigenvalue weighted by atomic mass is 79.9. The zero-order valence-electron chi connectivity index (χ0n) is 11.7. The topological polar surface area (TPSA) is 50.2 Å². The summed E-state index contributed by atoms with van der Waals surface area (Å²) in [7, 11) is 1.92. The van der Waals surface area contributed by atoms with Gasteiger partial charge >= 0.3 is 0 Å². The Balaban J connectivity index is 1.92. The zero-order chi connectivity index (χ0) is 14.0. The Bertz CT molecular complexity index is 465. The Morgan fingerprint density at radius 3 is 2.63 bits per heavy atom. The molecule has 0 spiro atoms. The molecule has 106 valence electrons. The van der Waals surface area contributed by atoms with Crippen LogP contribution in [0.25, 0.3) is 0 Å². The molecule has 0 radical (unpaired) electrons. The van der Waals surface area contributed by atoms with E-state index in [1.807, 2.05) is 30.5 Å². The van der Waals surface area contributed by atoms with Crippen molar-refractivity contribution >= 4 is 21.8 Å². The molecule has 1 unspecified atom stereocenters. The van der Waals surface area contributed by atoms with Gasteiger partial charge in [0.15, 0.2) is 0 Å². The molecule has 0 saturated carbocycles. The molecule has 1 aromatic rings. The third-order valence-corrected chi connectivity index (χ3v) is 4.66. The molecular weight excluding hydrogens is 308 g/mol. The molecule has 1 atom stereocenters. The van der Waals surface area contributed by atoms with E-state index in [0.717, 1.165) is 41.8 Å². The van der Waals surface area contributed by atoms with Gasteiger partial charge in [-0.05, 0) is 42.6 Å². The van der Waals surface area contributed by atoms with E-state index < -0.39 is 0 Å². The molecule has 19 heavy (non-hydrogen) atoms. The molecule has 1 saturated heterocycles. The molecule has 2 heterocycles. The number of carbonyl (C=O) groups is 1. The highest BCUT2D eigenvalue weighted by Gasteiger charge is 2.23. The molecular formula is C13H21BrN4O. The average Bonchev–Trinajstić information content (AvgIpc) is 2.97. The molecule has 0 aromatic carbocycles. The summed E-state index contributed by atoms with van der Waals surface area (Å²) in [5.41, 5.74) is 2.04. The summed E-state index contributed by atoms with van der Waals surface area (Å²) < 4.78 is 2.86. The summed E-state index contributed by atoms with van der Waals surface area (Å²) in [6.45, 7) is 6.33. The second-order valence-corrected chi connectivity index (χ2v) is 5.90. The summed E-state index contributed by atoms with van der Waals surface area (Å²) in [4.78, 5) is 14.1. The highest BCUT2D eigenvalue weighted by molar-refractivity contribution is 9.10. The molecule has 1 fully saturated rings. The Kier molecular flexibility index (Phi) is 4.62. The number of likely N-dealkylation sites (tertiary alicyclic amines) is 1. The van der Waals surface area contributed by atoms with Crippen molar-refractivity contribution in [2.24, 2.45) is 7.05 Å². The first kappa shape index (κ1) is 14.5. The van der Waals surface area contributed by atoms with Crippen molar-refractivity contribution in [2.75, 3.05) is 13.1 Å². The van der Waals surface area contributed by atoms with Crippen LogP contribution in [0.5, 0.6) is 0 Å². The number of nitrogens with zero attached hydrogens (tertiary/aromatic N) is 3. The van der Waals surface area contributed by atoms with Crippen molar-refractivity contribution in [3.05, 3.63) is 15.9 Å². The second-order valence-electron chi connectivity index (χ2n) is 5.10. The maximum Gasteiger partial charge on any atom is 0.239 e. The molecule has 0 bridgehead atoms. The van der Waals surface area contributed by atoms with Gasteiger partial charge in [0, 0.05) is 26.7 Å². The van der Waals surface area contributed by atoms with Crippen molar-refractivity contribution in [2.45, 2.75) is 39.3 Å². The minimum Gasteiger partial charge on any atom is -0.341 e. The van der Waals surface area contributed by atoms with Crippen LogP contribution in [0.2, 0.25) is 0 Å². The number of carbonyl (C=O) groups excluding carboxylic acids is 1. The van der Waals surface area contributed by atoms with E-state index in [9.17, 15) is 4.79 Å². The van der Waals surface area contributed by atoms with Gasteiger partial charge in [-0.15, -0.1) is 0 Å². The predicted octanol–water partition coefficient (Wildman–Crippen LogP) is 1.59. The lowest BCUT2D eigenvalue weighted by atomic mass is 10.2. The Morgan fingerprint density at radius 2 is 2.11 bits per heavy atom. The van der Waals surface area contributed by atoms with Gasteiger partial charge in [-0.3, -0.25) is 9.48 Å². The van der Waals surface area contributed by atoms with Gasteiger partial charge in [-0.2, -0.15) is 5.10 Å². The number of aryl methyl sites for hydroxylation is 2. The average molecular weight is 329 g/mol. The third kappa shape index (κ3) is 3.17. The Morgan fingerprint density at radius 1 is 1.47 bits per heavy atom. The van der Waals surface area contributed by atoms with Gasteiger partial charge < -0.3 is 10.2 Å². The third-order valence-electron chi connectivity index (χ3n) is 3.63. The molecule has 1 N–H and O–H groups in total. The molecule has 1 aliphatic heterocycles. The lowest BCUT2D eigenvalue weighted by Crippen LogP contribution is -2.43. The molecule has 6 heteroatoms. The van der Waals surface area contributed by atoms with Crippen LogP contribution in [0.3, 0.4) is 0 Å². The SMILES string of the molecule is Cc1nn(C)c(CNC(C)C(=O)N2CCCC2)c1Br. The van der Waals surface area contributed by atoms with E-state index in [-0.39, 0.29) is 11.9 Å². The minimum atomic E-state index is -0.153. The summed E-state index contributed by atoms with van der Waals surface area (Å²) in [6, 6.07) is -0.153. The number of hydrogen-bond acceptors (Lipinski definition) is 3. The standard InChI is InChI=1S/C13H21BrN4O/c1-9-12(14)11(17(3)16-9)8-15-10(2)13(19)18-6-4-5-7-18/h10,15H,4-8H2,1-3H3. The van der Waals surface area contributed by atoms with Crippen molar-refractivity contribution in [1.29, 1.82) is 0 Å². The number of halogens is 1. The van der Waals surface area contributed by atoms with Crippen LogP contribution >= 0.6 is 15.9 Å². The molecule has 1 aromatic heterocycles. The zero-order valence-corrected chi connectivity index (χ0v) is 13.3. The van der Waals surface area contributed by atoms with E-state index in [1.54, 1.807) is 0 Å². The van der Waals surface area contributed by atoms with Gasteiger partial charge in [-0.1, -0.05) is 0 Å². The fourth-order valence-corrected chi connectivity index (χ4v) is 2.90. The molecule has 1 aliphatic rings. The quantitative estimate of drug-likeness (QED) is 0.913. The number of hydrogen-bond donors (Lipinski definition) is 1. The van der Waals surface area contributed by atoms with E-state index >= 15 is 0 Å². The van der Waals surface area contributed by atoms with Gasteiger partial charge in [0.05, 0.1) is 21.9 Å². The van der Waals surface area contributed by atoms with Gasteiger partial charge in [-0.25, -0.2) is 0 Å². The van der Waals surface area contributed by atoms with Crippen LogP contribution in [-0.2, 0) is 18.4 Å². The molecule has 2 rings (SSSR count). The van der Waals surface area contributed by atoms with Crippen LogP contribution < -0.4 is 5.32 Å². The fraction of sp³-hybridized carbons (Fsp3) is 0.692. The highest BCUT2D eigenvalue weighted by Crippen LogP contribution is 2.20. The first-order chi connectivity index (χ1) is 9.00. The second kappa shape index (κ2) is 6.05. The predicted molar refractivity (Wildman–Crippen MR) is 77.8 cm³/mol. The number of amides is 1. The van der Waals surface area contributed by atoms with Gasteiger partial charge in [0.1, 0.15) is 0 Å². The minimum absolute atomic E-state index is 0.153. The summed E-state index contributed by atoms with van der Waals surface area (Å²) in [5, 5.41) is 7.63. The van der Waals surface area contributed by atoms with E-state index in [4.69, 9.17) is 0 Å². The van der Waals surface area contributed by atoms with Crippen LogP contribution in [-0.4, -0.2) is 39.7 Å². The van der Waals surface area contributed by atoms with Crippen molar-refractivity contribution in [3.63, 3.8) is 0 Å². The first-order valence-corrected chi connectivity index (χ1v) is 7.50. The molecule has 1 amide bonds. The normalized spacial score (nSPS) is 16.9. The van der Waals surface area contributed by atoms with E-state index in [2.05, 4.69) is 26.3 Å². The largest absolute Gasteiger partial charge is 0.341 e. The van der Waals surface area contributed by atoms with Crippen molar-refractivity contribution in [1.82, 2.24) is 20.0 Å². The number of rotatable bonds is 4. The van der Waals surface area contributed by atoms with Crippen molar-refractivity contribution < 1.29 is 4.79 Å². The maximum atomic E-state index is 12.2. The fourth-order valence-electron chi connectivity index (χ4n) is 2.42. The lowest BCUT2D eigenvalue weighted by Gasteiger charge is -2.21. The monoisotopic (exact) mass is 328 g/mol. The first-order valence-electron chi connectivity index (χ1n) is 6.71. The smallest absolute Gasteiger partial charge is 0.239 e. The Labute approximate surface area is 122 Å². The number of nitrogens with one attached hydrogen (secondary N) is 1. The van der Waals surface area contributed by atoms with Crippen LogP contribution in [0, 0.1) is 6.92 Å². The van der Waals surface area contributed by atoms with Gasteiger partial charge in [0.2, 0.25) is 5.91 Å². The number of aromatic nitrogens is 2. The van der Waals surface area contributed by atoms with E-state index in [1.165, 1.54) is 0 Å². The van der Waals surface area contributed by atoms with Crippen molar-refractivity contribution in [3.8, 4) is 0 Å². The lowest BCUT2D eigenvalue weighted by molar-refractivity contribution is -0.132. The maximum absolute atomic E-state index is 12.2. The van der Waals surface area contributed by atoms with E-state index in [0.29, 0.717) is 6.54 Å². The molecule has 0 aliphatic carbocycles. The van der Waals surface area contributed by atoms with Crippen LogP contribution in [0.15, 0.2) is 4.47 Å².